The highest BCUT2D eigenvalue weighted by atomic mass is 35.5. The molecule has 4 nitrogen and oxygen atoms in total. The molecule has 0 radical (unpaired) electrons. The van der Waals surface area contributed by atoms with E-state index in [0.717, 1.165) is 18.4 Å². The first-order chi connectivity index (χ1) is 14.9. The molecule has 2 atom stereocenters. The molecule has 1 rings (SSSR count). The van der Waals surface area contributed by atoms with E-state index in [-0.39, 0.29) is 28.8 Å². The summed E-state index contributed by atoms with van der Waals surface area (Å²) in [5.41, 5.74) is 4.76. The van der Waals surface area contributed by atoms with Gasteiger partial charge in [-0.1, -0.05) is 127 Å². The number of nitro groups is 1. The maximum Gasteiger partial charge on any atom is 0.246 e. The standard InChI is InChI=1S/C27H48N2O2.ClH/c1-4-5-6-7-8-9-10-11-12-13-14-15-16-20-23-25(27(2,3)28)26(29(30)31)24-21-18-17-19-22-24;/h17-19,21-22,25-26H,4-16,20,23,28H2,1-3H3;1H. The number of unbranched alkanes of at least 4 members (excludes halogenated alkanes) is 13. The molecule has 0 heterocycles. The summed E-state index contributed by atoms with van der Waals surface area (Å²) in [5, 5.41) is 11.9. The van der Waals surface area contributed by atoms with Crippen LogP contribution in [0.3, 0.4) is 0 Å². The smallest absolute Gasteiger partial charge is 0.246 e. The van der Waals surface area contributed by atoms with Crippen molar-refractivity contribution >= 4 is 0 Å². The van der Waals surface area contributed by atoms with Crippen molar-refractivity contribution in [1.29, 1.82) is 0 Å². The molecule has 0 aliphatic heterocycles. The quantitative estimate of drug-likeness (QED) is 0.184. The number of hydrogen-bond donors (Lipinski definition) is 1. The van der Waals surface area contributed by atoms with E-state index in [1.165, 1.54) is 83.5 Å². The zero-order valence-electron chi connectivity index (χ0n) is 21.0. The summed E-state index contributed by atoms with van der Waals surface area (Å²) >= 11 is 0. The van der Waals surface area contributed by atoms with Gasteiger partial charge in [0.05, 0.1) is 11.5 Å². The summed E-state index contributed by atoms with van der Waals surface area (Å²) in [7, 11) is 0. The average molecular weight is 469 g/mol. The van der Waals surface area contributed by atoms with Crippen LogP contribution in [0.2, 0.25) is 0 Å². The minimum Gasteiger partial charge on any atom is -1.00 e. The van der Waals surface area contributed by atoms with Gasteiger partial charge in [-0.25, -0.2) is 0 Å². The fourth-order valence-corrected chi connectivity index (χ4v) is 4.69. The van der Waals surface area contributed by atoms with Gasteiger partial charge in [-0.05, 0) is 20.3 Å². The summed E-state index contributed by atoms with van der Waals surface area (Å²) in [6.07, 6.45) is 19.5. The van der Waals surface area contributed by atoms with Gasteiger partial charge >= 0.3 is 0 Å². The molecule has 0 saturated heterocycles. The Bertz CT molecular complexity index is 575. The van der Waals surface area contributed by atoms with Crippen LogP contribution < -0.4 is 18.1 Å². The van der Waals surface area contributed by atoms with Crippen molar-refractivity contribution in [3.63, 3.8) is 0 Å². The van der Waals surface area contributed by atoms with Crippen molar-refractivity contribution in [3.05, 3.63) is 46.0 Å². The maximum atomic E-state index is 11.9. The lowest BCUT2D eigenvalue weighted by atomic mass is 9.76. The minimum absolute atomic E-state index is 0. The first-order valence-electron chi connectivity index (χ1n) is 12.9. The summed E-state index contributed by atoms with van der Waals surface area (Å²) in [6, 6.07) is 8.81. The topological polar surface area (TPSA) is 70.8 Å². The Morgan fingerprint density at radius 3 is 1.59 bits per heavy atom. The van der Waals surface area contributed by atoms with Crippen molar-refractivity contribution in [2.75, 3.05) is 0 Å². The fourth-order valence-electron chi connectivity index (χ4n) is 4.69. The van der Waals surface area contributed by atoms with E-state index in [1.54, 1.807) is 0 Å². The molecule has 0 aromatic heterocycles. The van der Waals surface area contributed by atoms with Crippen LogP contribution in [0.15, 0.2) is 30.3 Å². The second-order valence-electron chi connectivity index (χ2n) is 10.1. The Morgan fingerprint density at radius 1 is 0.812 bits per heavy atom. The maximum absolute atomic E-state index is 11.9. The molecule has 0 saturated carbocycles. The molecule has 0 aliphatic carbocycles. The van der Waals surface area contributed by atoms with Gasteiger partial charge in [-0.15, -0.1) is 0 Å². The van der Waals surface area contributed by atoms with Gasteiger partial charge in [0.25, 0.3) is 0 Å². The first kappa shape index (κ1) is 30.9. The molecule has 0 aliphatic rings. The van der Waals surface area contributed by atoms with Gasteiger partial charge in [0.2, 0.25) is 6.04 Å². The van der Waals surface area contributed by atoms with E-state index in [4.69, 9.17) is 0 Å². The van der Waals surface area contributed by atoms with E-state index in [9.17, 15) is 10.1 Å². The van der Waals surface area contributed by atoms with Gasteiger partial charge < -0.3 is 18.1 Å². The van der Waals surface area contributed by atoms with E-state index < -0.39 is 6.04 Å². The van der Waals surface area contributed by atoms with E-state index in [1.807, 2.05) is 44.2 Å². The highest BCUT2D eigenvalue weighted by Crippen LogP contribution is 2.35. The zero-order valence-corrected chi connectivity index (χ0v) is 21.8. The number of hydrogen-bond acceptors (Lipinski definition) is 2. The Labute approximate surface area is 203 Å². The lowest BCUT2D eigenvalue weighted by molar-refractivity contribution is -0.569. The molecule has 0 amide bonds. The van der Waals surface area contributed by atoms with Crippen LogP contribution in [0.1, 0.15) is 129 Å². The highest BCUT2D eigenvalue weighted by Gasteiger charge is 2.43. The van der Waals surface area contributed by atoms with Crippen LogP contribution in [0.25, 0.3) is 0 Å². The van der Waals surface area contributed by atoms with E-state index >= 15 is 0 Å². The van der Waals surface area contributed by atoms with Crippen molar-refractivity contribution in [2.24, 2.45) is 5.92 Å². The number of halogens is 1. The van der Waals surface area contributed by atoms with Gasteiger partial charge in [-0.3, -0.25) is 10.1 Å². The van der Waals surface area contributed by atoms with Crippen LogP contribution in [-0.2, 0) is 0 Å². The molecule has 186 valence electrons. The van der Waals surface area contributed by atoms with Gasteiger partial charge in [0, 0.05) is 10.5 Å². The van der Waals surface area contributed by atoms with Gasteiger partial charge in [0.15, 0.2) is 0 Å². The van der Waals surface area contributed by atoms with Crippen molar-refractivity contribution in [1.82, 2.24) is 0 Å². The third-order valence-electron chi connectivity index (χ3n) is 6.62. The molecule has 0 fully saturated rings. The Kier molecular flexibility index (Phi) is 17.7. The zero-order chi connectivity index (χ0) is 23.0. The second-order valence-corrected chi connectivity index (χ2v) is 10.1. The number of rotatable bonds is 19. The van der Waals surface area contributed by atoms with Crippen LogP contribution in [0, 0.1) is 16.0 Å². The molecule has 32 heavy (non-hydrogen) atoms. The molecule has 1 aromatic carbocycles. The van der Waals surface area contributed by atoms with Crippen molar-refractivity contribution < 1.29 is 23.1 Å². The second kappa shape index (κ2) is 18.3. The minimum atomic E-state index is -0.671. The molecule has 2 unspecified atom stereocenters. The Morgan fingerprint density at radius 2 is 1.22 bits per heavy atom. The normalized spacial score (nSPS) is 13.4. The Balaban J connectivity index is 0.00000961. The number of nitrogens with zero attached hydrogens (tertiary/aromatic N) is 1. The SMILES string of the molecule is CCCCCCCCCCCCCCCCC(C(c1ccccc1)[N+](=O)[O-])C(C)(C)[NH3+].[Cl-]. The van der Waals surface area contributed by atoms with Crippen LogP contribution >= 0.6 is 0 Å². The van der Waals surface area contributed by atoms with Gasteiger partial charge in [-0.2, -0.15) is 0 Å². The van der Waals surface area contributed by atoms with Crippen molar-refractivity contribution in [3.8, 4) is 0 Å². The average Bonchev–Trinajstić information content (AvgIpc) is 2.72. The predicted octanol–water partition coefficient (Wildman–Crippen LogP) is 4.52. The molecular weight excluding hydrogens is 420 g/mol. The molecule has 5 heteroatoms. The highest BCUT2D eigenvalue weighted by molar-refractivity contribution is 5.18. The number of quaternary nitrogens is 1. The fraction of sp³-hybridized carbons (Fsp3) is 0.778. The van der Waals surface area contributed by atoms with E-state index in [0.29, 0.717) is 0 Å². The lowest BCUT2D eigenvalue weighted by Crippen LogP contribution is -3.00. The molecular formula is C27H49ClN2O2. The summed E-state index contributed by atoms with van der Waals surface area (Å²) in [5.74, 6) is -0.0535. The lowest BCUT2D eigenvalue weighted by Gasteiger charge is -2.29. The number of benzene rings is 1. The molecule has 0 bridgehead atoms. The van der Waals surface area contributed by atoms with E-state index in [2.05, 4.69) is 12.7 Å². The Hall–Kier alpha value is -1.13. The van der Waals surface area contributed by atoms with Crippen LogP contribution in [-0.4, -0.2) is 10.5 Å². The van der Waals surface area contributed by atoms with Gasteiger partial charge in [0.1, 0.15) is 0 Å². The largest absolute Gasteiger partial charge is 1.00 e. The summed E-state index contributed by atoms with van der Waals surface area (Å²) in [4.78, 5) is 11.8. The van der Waals surface area contributed by atoms with Crippen LogP contribution in [0.5, 0.6) is 0 Å². The molecule has 1 aromatic rings. The third kappa shape index (κ3) is 13.4. The molecule has 0 spiro atoms. The third-order valence-corrected chi connectivity index (χ3v) is 6.62. The first-order valence-corrected chi connectivity index (χ1v) is 12.9. The van der Waals surface area contributed by atoms with Crippen molar-refractivity contribution in [2.45, 2.75) is 129 Å². The monoisotopic (exact) mass is 468 g/mol. The van der Waals surface area contributed by atoms with Crippen LogP contribution in [0.4, 0.5) is 0 Å². The summed E-state index contributed by atoms with van der Waals surface area (Å²) < 4.78 is 0. The summed E-state index contributed by atoms with van der Waals surface area (Å²) in [6.45, 7) is 6.36. The molecule has 3 N–H and O–H groups in total. The predicted molar refractivity (Wildman–Crippen MR) is 132 cm³/mol.